The van der Waals surface area contributed by atoms with E-state index in [9.17, 15) is 4.79 Å². The van der Waals surface area contributed by atoms with Gasteiger partial charge in [-0.3, -0.25) is 4.79 Å². The molecule has 1 aromatic heterocycles. The van der Waals surface area contributed by atoms with Crippen molar-refractivity contribution in [1.29, 1.82) is 0 Å². The van der Waals surface area contributed by atoms with E-state index in [1.165, 1.54) is 6.07 Å². The Morgan fingerprint density at radius 1 is 1.58 bits per heavy atom. The summed E-state index contributed by atoms with van der Waals surface area (Å²) in [4.78, 5) is 18.0. The van der Waals surface area contributed by atoms with Crippen LogP contribution in [-0.2, 0) is 0 Å². The van der Waals surface area contributed by atoms with Crippen molar-refractivity contribution in [3.63, 3.8) is 0 Å². The number of aromatic nitrogens is 1. The van der Waals surface area contributed by atoms with E-state index in [4.69, 9.17) is 22.4 Å². The monoisotopic (exact) mass is 283 g/mol. The molecule has 2 heterocycles. The second kappa shape index (κ2) is 6.21. The fraction of sp³-hybridized carbons (Fsp3) is 0.538. The summed E-state index contributed by atoms with van der Waals surface area (Å²) in [6.07, 6.45) is 2.76. The van der Waals surface area contributed by atoms with Crippen LogP contribution < -0.4 is 5.73 Å². The number of carbonyl (C=O) groups excluding carboxylic acids is 1. The Kier molecular flexibility index (Phi) is 4.61. The number of aliphatic hydroxyl groups excluding tert-OH is 1. The van der Waals surface area contributed by atoms with Gasteiger partial charge in [-0.1, -0.05) is 11.6 Å². The van der Waals surface area contributed by atoms with Gasteiger partial charge in [0, 0.05) is 25.3 Å². The molecule has 1 unspecified atom stereocenters. The van der Waals surface area contributed by atoms with E-state index in [1.807, 2.05) is 0 Å². The van der Waals surface area contributed by atoms with Crippen molar-refractivity contribution in [3.05, 3.63) is 22.8 Å². The normalized spacial score (nSPS) is 19.5. The summed E-state index contributed by atoms with van der Waals surface area (Å²) in [5, 5.41) is 9.22. The first-order valence-electron chi connectivity index (χ1n) is 6.43. The standard InChI is InChI=1S/C13H18ClN3O2/c14-11-6-10(7-12(15)16-11)13(19)17-4-1-2-9(8-17)3-5-18/h6-7,9,18H,1-5,8H2,(H2,15,16). The fourth-order valence-electron chi connectivity index (χ4n) is 2.49. The summed E-state index contributed by atoms with van der Waals surface area (Å²) in [6, 6.07) is 3.08. The summed E-state index contributed by atoms with van der Waals surface area (Å²) >= 11 is 5.82. The first-order chi connectivity index (χ1) is 9.10. The van der Waals surface area contributed by atoms with E-state index in [0.29, 0.717) is 18.0 Å². The topological polar surface area (TPSA) is 79.5 Å². The van der Waals surface area contributed by atoms with Gasteiger partial charge >= 0.3 is 0 Å². The van der Waals surface area contributed by atoms with E-state index in [0.717, 1.165) is 25.8 Å². The van der Waals surface area contributed by atoms with Crippen molar-refractivity contribution in [2.75, 3.05) is 25.4 Å². The Morgan fingerprint density at radius 3 is 3.05 bits per heavy atom. The maximum Gasteiger partial charge on any atom is 0.254 e. The third-order valence-electron chi connectivity index (χ3n) is 3.40. The zero-order valence-corrected chi connectivity index (χ0v) is 11.4. The van der Waals surface area contributed by atoms with Gasteiger partial charge in [-0.05, 0) is 37.3 Å². The number of aliphatic hydroxyl groups is 1. The molecule has 0 spiro atoms. The molecule has 6 heteroatoms. The number of pyridine rings is 1. The van der Waals surface area contributed by atoms with Gasteiger partial charge in [-0.25, -0.2) is 4.98 Å². The summed E-state index contributed by atoms with van der Waals surface area (Å²) in [5.41, 5.74) is 6.08. The molecule has 3 N–H and O–H groups in total. The summed E-state index contributed by atoms with van der Waals surface area (Å²) in [5.74, 6) is 0.552. The first kappa shape index (κ1) is 14.1. The van der Waals surface area contributed by atoms with Gasteiger partial charge in [-0.15, -0.1) is 0 Å². The molecule has 104 valence electrons. The number of halogens is 1. The number of likely N-dealkylation sites (tertiary alicyclic amines) is 1. The highest BCUT2D eigenvalue weighted by Gasteiger charge is 2.24. The van der Waals surface area contributed by atoms with E-state index in [2.05, 4.69) is 4.98 Å². The van der Waals surface area contributed by atoms with Crippen LogP contribution in [0.15, 0.2) is 12.1 Å². The Bertz CT molecular complexity index is 445. The van der Waals surface area contributed by atoms with Crippen molar-refractivity contribution in [3.8, 4) is 0 Å². The van der Waals surface area contributed by atoms with Crippen LogP contribution in [0.5, 0.6) is 0 Å². The number of carbonyl (C=O) groups is 1. The van der Waals surface area contributed by atoms with Crippen LogP contribution in [0.4, 0.5) is 5.82 Å². The molecule has 5 nitrogen and oxygen atoms in total. The van der Waals surface area contributed by atoms with Crippen molar-refractivity contribution < 1.29 is 9.90 Å². The number of rotatable bonds is 3. The van der Waals surface area contributed by atoms with E-state index >= 15 is 0 Å². The number of amides is 1. The summed E-state index contributed by atoms with van der Waals surface area (Å²) in [6.45, 7) is 1.58. The lowest BCUT2D eigenvalue weighted by Crippen LogP contribution is -2.40. The SMILES string of the molecule is Nc1cc(C(=O)N2CCCC(CCO)C2)cc(Cl)n1. The summed E-state index contributed by atoms with van der Waals surface area (Å²) in [7, 11) is 0. The average Bonchev–Trinajstić information content (AvgIpc) is 2.37. The van der Waals surface area contributed by atoms with Crippen LogP contribution >= 0.6 is 11.6 Å². The Hall–Kier alpha value is -1.33. The summed E-state index contributed by atoms with van der Waals surface area (Å²) < 4.78 is 0. The number of anilines is 1. The number of hydrogen-bond acceptors (Lipinski definition) is 4. The minimum absolute atomic E-state index is 0.0707. The van der Waals surface area contributed by atoms with Crippen LogP contribution in [0, 0.1) is 5.92 Å². The highest BCUT2D eigenvalue weighted by molar-refractivity contribution is 6.29. The molecule has 1 aliphatic rings. The molecule has 19 heavy (non-hydrogen) atoms. The maximum absolute atomic E-state index is 12.4. The minimum atomic E-state index is -0.0707. The molecule has 0 saturated carbocycles. The molecule has 0 aromatic carbocycles. The second-order valence-corrected chi connectivity index (χ2v) is 5.26. The number of nitrogens with zero attached hydrogens (tertiary/aromatic N) is 2. The van der Waals surface area contributed by atoms with Gasteiger partial charge in [0.15, 0.2) is 0 Å². The largest absolute Gasteiger partial charge is 0.396 e. The van der Waals surface area contributed by atoms with E-state index in [1.54, 1.807) is 11.0 Å². The highest BCUT2D eigenvalue weighted by atomic mass is 35.5. The smallest absolute Gasteiger partial charge is 0.254 e. The predicted molar refractivity (Wildman–Crippen MR) is 74.0 cm³/mol. The van der Waals surface area contributed by atoms with Gasteiger partial charge in [-0.2, -0.15) is 0 Å². The van der Waals surface area contributed by atoms with Gasteiger partial charge in [0.25, 0.3) is 5.91 Å². The lowest BCUT2D eigenvalue weighted by Gasteiger charge is -2.32. The Balaban J connectivity index is 2.10. The Morgan fingerprint density at radius 2 is 2.37 bits per heavy atom. The molecule has 1 aromatic rings. The third-order valence-corrected chi connectivity index (χ3v) is 3.60. The van der Waals surface area contributed by atoms with Crippen LogP contribution in [0.2, 0.25) is 5.15 Å². The van der Waals surface area contributed by atoms with Crippen molar-refractivity contribution in [2.45, 2.75) is 19.3 Å². The average molecular weight is 284 g/mol. The molecule has 1 fully saturated rings. The van der Waals surface area contributed by atoms with Gasteiger partial charge in [0.1, 0.15) is 11.0 Å². The third kappa shape index (κ3) is 3.58. The van der Waals surface area contributed by atoms with Gasteiger partial charge < -0.3 is 15.7 Å². The highest BCUT2D eigenvalue weighted by Crippen LogP contribution is 2.22. The molecule has 0 radical (unpaired) electrons. The first-order valence-corrected chi connectivity index (χ1v) is 6.81. The van der Waals surface area contributed by atoms with Crippen molar-refractivity contribution >= 4 is 23.3 Å². The van der Waals surface area contributed by atoms with Crippen LogP contribution in [0.1, 0.15) is 29.6 Å². The van der Waals surface area contributed by atoms with E-state index < -0.39 is 0 Å². The molecule has 1 amide bonds. The van der Waals surface area contributed by atoms with Crippen LogP contribution in [-0.4, -0.2) is 40.6 Å². The number of hydrogen-bond donors (Lipinski definition) is 2. The van der Waals surface area contributed by atoms with E-state index in [-0.39, 0.29) is 23.5 Å². The van der Waals surface area contributed by atoms with Crippen LogP contribution in [0.3, 0.4) is 0 Å². The second-order valence-electron chi connectivity index (χ2n) is 4.88. The molecule has 1 aliphatic heterocycles. The van der Waals surface area contributed by atoms with Crippen molar-refractivity contribution in [1.82, 2.24) is 9.88 Å². The number of nitrogens with two attached hydrogens (primary N) is 1. The predicted octanol–water partition coefficient (Wildman–Crippen LogP) is 1.55. The van der Waals surface area contributed by atoms with Crippen molar-refractivity contribution in [2.24, 2.45) is 5.92 Å². The van der Waals surface area contributed by atoms with Crippen LogP contribution in [0.25, 0.3) is 0 Å². The van der Waals surface area contributed by atoms with Gasteiger partial charge in [0.2, 0.25) is 0 Å². The molecule has 0 bridgehead atoms. The molecule has 0 aliphatic carbocycles. The van der Waals surface area contributed by atoms with Gasteiger partial charge in [0.05, 0.1) is 0 Å². The molecule has 1 saturated heterocycles. The quantitative estimate of drug-likeness (QED) is 0.825. The zero-order chi connectivity index (χ0) is 13.8. The fourth-order valence-corrected chi connectivity index (χ4v) is 2.71. The number of nitrogen functional groups attached to an aromatic ring is 1. The Labute approximate surface area is 117 Å². The molecular formula is C13H18ClN3O2. The maximum atomic E-state index is 12.4. The number of piperidine rings is 1. The molecule has 2 rings (SSSR count). The lowest BCUT2D eigenvalue weighted by molar-refractivity contribution is 0.0653. The lowest BCUT2D eigenvalue weighted by atomic mass is 9.95. The minimum Gasteiger partial charge on any atom is -0.396 e. The zero-order valence-electron chi connectivity index (χ0n) is 10.7. The molecule has 1 atom stereocenters. The molecular weight excluding hydrogens is 266 g/mol.